The van der Waals surface area contributed by atoms with Crippen molar-refractivity contribution in [1.29, 1.82) is 0 Å². The van der Waals surface area contributed by atoms with E-state index in [-0.39, 0.29) is 74.4 Å². The molecule has 1 aromatic heterocycles. The minimum Gasteiger partial charge on any atom is -0.465 e. The van der Waals surface area contributed by atoms with Gasteiger partial charge >= 0.3 is 43.0 Å². The number of rotatable bonds is 20. The average Bonchev–Trinajstić information content (AvgIpc) is 1.59. The number of nitrogens with zero attached hydrogens (tertiary/aromatic N) is 1. The Kier molecular flexibility index (Phi) is 26.8. The van der Waals surface area contributed by atoms with E-state index in [0.717, 1.165) is 96.3 Å². The van der Waals surface area contributed by atoms with Gasteiger partial charge < -0.3 is 20.7 Å². The molecule has 0 spiro atoms. The summed E-state index contributed by atoms with van der Waals surface area (Å²) in [5.41, 5.74) is -8.35. The number of nitrogens with one attached hydrogen (secondary N) is 3. The molecule has 9 nitrogen and oxygen atoms in total. The van der Waals surface area contributed by atoms with E-state index < -0.39 is 111 Å². The summed E-state index contributed by atoms with van der Waals surface area (Å²) in [6, 6.07) is 72.1. The summed E-state index contributed by atoms with van der Waals surface area (Å²) >= 11 is 1.07. The van der Waals surface area contributed by atoms with E-state index in [2.05, 4.69) is 25.7 Å². The first kappa shape index (κ1) is 88.7. The van der Waals surface area contributed by atoms with Crippen molar-refractivity contribution in [1.82, 2.24) is 20.9 Å². The maximum Gasteiger partial charge on any atom is 0.416 e. The fourth-order valence-electron chi connectivity index (χ4n) is 13.7. The third-order valence-electron chi connectivity index (χ3n) is 19.6. The lowest BCUT2D eigenvalue weighted by atomic mass is 9.76. The number of esters is 1. The van der Waals surface area contributed by atoms with Crippen LogP contribution >= 0.6 is 11.3 Å². The van der Waals surface area contributed by atoms with Gasteiger partial charge in [-0.3, -0.25) is 14.4 Å². The number of amides is 3. The number of hydrogen-bond acceptors (Lipinski definition) is 7. The minimum absolute atomic E-state index is 0.00800. The number of halogens is 18. The summed E-state index contributed by atoms with van der Waals surface area (Å²) in [4.78, 5) is 57.2. The Balaban J connectivity index is 0.000000177. The van der Waals surface area contributed by atoms with Crippen LogP contribution in [0.25, 0.3) is 16.3 Å². The minimum atomic E-state index is -4.75. The van der Waals surface area contributed by atoms with E-state index in [9.17, 15) is 98.2 Å². The predicted molar refractivity (Wildman–Crippen MR) is 422 cm³/mol. The molecule has 0 saturated heterocycles. The van der Waals surface area contributed by atoms with E-state index in [1.54, 1.807) is 152 Å². The van der Waals surface area contributed by atoms with Gasteiger partial charge in [-0.1, -0.05) is 206 Å². The number of ether oxygens (including phenoxy) is 1. The maximum absolute atomic E-state index is 13.8. The molecule has 0 aliphatic carbocycles. The number of aromatic nitrogens is 1. The molecule has 3 N–H and O–H groups in total. The van der Waals surface area contributed by atoms with Gasteiger partial charge in [0.05, 0.1) is 72.9 Å². The van der Waals surface area contributed by atoms with Crippen LogP contribution in [0.3, 0.4) is 0 Å². The van der Waals surface area contributed by atoms with Gasteiger partial charge in [-0.2, -0.15) is 79.0 Å². The normalized spacial score (nSPS) is 12.4. The van der Waals surface area contributed by atoms with Gasteiger partial charge in [-0.15, -0.1) is 11.3 Å². The SMILES string of the molecule is C/C(=C\c1ccccc1)C(=O)NC(Cc1ccccc1)(c1cccc(C(F)(F)F)c1)c1cccc(C(F)(F)F)c1.COC(=O)c1ccc(C(=O)NC(Cc2ccccc2)(c2cccc(C(F)(F)F)c2)c2cccc(C(F)(F)F)c2)cc1.O=C(NC(Cc1ccccc1)(c1cccc(C(F)(F)F)c1)c1cccc(C(F)(F)F)c1)c1nc2ccccc2s1. The van der Waals surface area contributed by atoms with Crippen molar-refractivity contribution in [3.05, 3.63) is 426 Å². The Labute approximate surface area is 685 Å². The molecule has 622 valence electrons. The maximum atomic E-state index is 13.8. The van der Waals surface area contributed by atoms with E-state index in [0.29, 0.717) is 32.5 Å². The van der Waals surface area contributed by atoms with E-state index >= 15 is 0 Å². The highest BCUT2D eigenvalue weighted by Gasteiger charge is 2.46. The molecule has 0 atom stereocenters. The van der Waals surface area contributed by atoms with Crippen LogP contribution in [-0.4, -0.2) is 35.8 Å². The highest BCUT2D eigenvalue weighted by molar-refractivity contribution is 7.20. The summed E-state index contributed by atoms with van der Waals surface area (Å²) < 4.78 is 254. The van der Waals surface area contributed by atoms with Gasteiger partial charge in [0.15, 0.2) is 5.01 Å². The van der Waals surface area contributed by atoms with Gasteiger partial charge in [0.25, 0.3) is 11.8 Å². The van der Waals surface area contributed by atoms with Crippen molar-refractivity contribution in [2.75, 3.05) is 7.11 Å². The number of benzene rings is 12. The smallest absolute Gasteiger partial charge is 0.416 e. The fourth-order valence-corrected chi connectivity index (χ4v) is 14.5. The van der Waals surface area contributed by atoms with Crippen molar-refractivity contribution in [3.63, 3.8) is 0 Å². The Morgan fingerprint density at radius 2 is 0.595 bits per heavy atom. The fraction of sp³-hybridized carbons (Fsp3) is 0.151. The van der Waals surface area contributed by atoms with Crippen LogP contribution in [0, 0.1) is 0 Å². The summed E-state index contributed by atoms with van der Waals surface area (Å²) in [7, 11) is 1.19. The van der Waals surface area contributed by atoms with Crippen molar-refractivity contribution in [3.8, 4) is 0 Å². The lowest BCUT2D eigenvalue weighted by molar-refractivity contribution is -0.138. The van der Waals surface area contributed by atoms with Crippen LogP contribution in [0.4, 0.5) is 79.0 Å². The van der Waals surface area contributed by atoms with Crippen molar-refractivity contribution >= 4 is 51.3 Å². The van der Waals surface area contributed by atoms with E-state index in [4.69, 9.17) is 0 Å². The van der Waals surface area contributed by atoms with Gasteiger partial charge in [-0.05, 0) is 178 Å². The molecule has 0 aliphatic heterocycles. The number of para-hydroxylation sites is 1. The summed E-state index contributed by atoms with van der Waals surface area (Å²) in [5, 5.41) is 8.45. The molecule has 0 radical (unpaired) electrons. The number of carbonyl (C=O) groups is 4. The van der Waals surface area contributed by atoms with Crippen LogP contribution in [0.1, 0.15) is 126 Å². The van der Waals surface area contributed by atoms with E-state index in [1.807, 2.05) is 0 Å². The number of alkyl halides is 18. The molecule has 13 aromatic rings. The first-order chi connectivity index (χ1) is 57.2. The molecule has 3 amide bonds. The summed E-state index contributed by atoms with van der Waals surface area (Å²) in [5.74, 6) is -2.81. The monoisotopic (exact) mass is 1690 g/mol. The molecule has 0 saturated carbocycles. The number of methoxy groups -OCH3 is 1. The Morgan fingerprint density at radius 1 is 0.322 bits per heavy atom. The van der Waals surface area contributed by atoms with Gasteiger partial charge in [-0.25, -0.2) is 9.78 Å². The zero-order chi connectivity index (χ0) is 87.4. The quantitative estimate of drug-likeness (QED) is 0.0396. The second-order valence-corrected chi connectivity index (χ2v) is 28.9. The van der Waals surface area contributed by atoms with Crippen LogP contribution in [-0.2, 0) is 82.5 Å². The van der Waals surface area contributed by atoms with Crippen molar-refractivity contribution in [2.24, 2.45) is 0 Å². The molecule has 12 aromatic carbocycles. The lowest BCUT2D eigenvalue weighted by Gasteiger charge is -2.37. The standard InChI is InChI=1S/C32H25F6NO.C31H23F6NO3.C30H20F6N2OS/c1-22(18-23-10-4-2-5-11-23)29(40)39-30(21-24-12-6-3-7-13-24,25-14-8-16-27(19-25)31(33,34)35)26-15-9-17-28(20-26)32(36,37)38;1-41-28(40)22-15-13-21(14-16-22)27(39)38-29(19-20-7-3-2-4-8-20,23-9-5-11-25(17-23)30(32,33)34)24-10-6-12-26(18-24)31(35,36)37;31-29(32,33)22-12-6-10-20(16-22)28(18-19-8-2-1-3-9-19,21-11-7-13-23(17-21)30(34,35)36)38-26(39)27-37-24-14-4-5-15-25(24)40-27/h2-20H,21H2,1H3,(H,39,40);2-18H,19H2,1H3,(H,38,39);1-17H,18H2,(H,38,39)/b22-18+;;. The number of hydrogen-bond donors (Lipinski definition) is 3. The van der Waals surface area contributed by atoms with Crippen LogP contribution in [0.5, 0.6) is 0 Å². The molecule has 1 heterocycles. The van der Waals surface area contributed by atoms with Gasteiger partial charge in [0.1, 0.15) is 0 Å². The zero-order valence-electron chi connectivity index (χ0n) is 63.4. The molecule has 28 heteroatoms. The zero-order valence-corrected chi connectivity index (χ0v) is 64.2. The summed E-state index contributed by atoms with van der Waals surface area (Å²) in [6.45, 7) is 1.54. The molecule has 13 rings (SSSR count). The Bertz CT molecular complexity index is 5610. The van der Waals surface area contributed by atoms with Crippen LogP contribution in [0.2, 0.25) is 0 Å². The van der Waals surface area contributed by atoms with Gasteiger partial charge in [0.2, 0.25) is 5.91 Å². The molecule has 0 aliphatic rings. The average molecular weight is 1700 g/mol. The topological polar surface area (TPSA) is 126 Å². The number of carbonyl (C=O) groups excluding carboxylic acids is 4. The second kappa shape index (κ2) is 36.6. The van der Waals surface area contributed by atoms with Gasteiger partial charge in [0, 0.05) is 30.4 Å². The molecule has 0 fully saturated rings. The summed E-state index contributed by atoms with van der Waals surface area (Å²) in [6.07, 6.45) is -27.2. The first-order valence-corrected chi connectivity index (χ1v) is 37.4. The molecular weight excluding hydrogens is 1630 g/mol. The molecular formula is C93H68F18N4O5S. The third kappa shape index (κ3) is 21.9. The van der Waals surface area contributed by atoms with Crippen LogP contribution in [0.15, 0.2) is 321 Å². The lowest BCUT2D eigenvalue weighted by Crippen LogP contribution is -2.49. The van der Waals surface area contributed by atoms with Crippen molar-refractivity contribution < 1.29 is 103 Å². The molecule has 0 unspecified atom stereocenters. The van der Waals surface area contributed by atoms with Crippen LogP contribution < -0.4 is 16.0 Å². The molecule has 0 bridgehead atoms. The Hall–Kier alpha value is -13.1. The van der Waals surface area contributed by atoms with Crippen molar-refractivity contribution in [2.45, 2.75) is 79.9 Å². The first-order valence-electron chi connectivity index (χ1n) is 36.6. The second-order valence-electron chi connectivity index (χ2n) is 27.8. The van der Waals surface area contributed by atoms with E-state index in [1.165, 1.54) is 99.0 Å². The number of fused-ring (bicyclic) bond motifs is 1. The Morgan fingerprint density at radius 3 is 0.901 bits per heavy atom. The predicted octanol–water partition coefficient (Wildman–Crippen LogP) is 24.1. The largest absolute Gasteiger partial charge is 0.465 e. The third-order valence-corrected chi connectivity index (χ3v) is 20.6. The molecule has 121 heavy (non-hydrogen) atoms. The highest BCUT2D eigenvalue weighted by Crippen LogP contribution is 2.45. The highest BCUT2D eigenvalue weighted by atomic mass is 32.1. The number of thiazole rings is 1.